The number of aliphatic imine (C=N–C) groups is 1. The van der Waals surface area contributed by atoms with Gasteiger partial charge in [0.2, 0.25) is 5.90 Å². The number of ether oxygens (including phenoxy) is 3. The van der Waals surface area contributed by atoms with E-state index in [2.05, 4.69) is 33.4 Å². The molecule has 0 saturated heterocycles. The van der Waals surface area contributed by atoms with Crippen molar-refractivity contribution in [2.24, 2.45) is 4.99 Å². The second-order valence-electron chi connectivity index (χ2n) is 13.0. The summed E-state index contributed by atoms with van der Waals surface area (Å²) in [7, 11) is 0. The molecular weight excluding hydrogens is 672 g/mol. The van der Waals surface area contributed by atoms with E-state index in [1.165, 1.54) is 0 Å². The van der Waals surface area contributed by atoms with Crippen LogP contribution in [0.25, 0.3) is 11.1 Å². The zero-order chi connectivity index (χ0) is 33.9. The fourth-order valence-electron chi connectivity index (χ4n) is 6.29. The van der Waals surface area contributed by atoms with E-state index in [4.69, 9.17) is 24.3 Å². The van der Waals surface area contributed by atoms with Gasteiger partial charge in [-0.1, -0.05) is 82.7 Å². The van der Waals surface area contributed by atoms with Crippen LogP contribution in [0.5, 0.6) is 5.75 Å². The van der Waals surface area contributed by atoms with Crippen molar-refractivity contribution >= 4 is 33.7 Å². The van der Waals surface area contributed by atoms with Crippen molar-refractivity contribution in [3.8, 4) is 16.9 Å². The van der Waals surface area contributed by atoms with Gasteiger partial charge >= 0.3 is 5.97 Å². The zero-order valence-electron chi connectivity index (χ0n) is 27.2. The number of esters is 1. The Morgan fingerprint density at radius 1 is 0.896 bits per heavy atom. The number of aliphatic hydroxyl groups is 1. The maximum absolute atomic E-state index is 15.0. The van der Waals surface area contributed by atoms with Gasteiger partial charge in [0.1, 0.15) is 11.4 Å². The molecule has 0 unspecified atom stereocenters. The number of fused-ring (bicyclic) bond motifs is 3. The van der Waals surface area contributed by atoms with Crippen molar-refractivity contribution in [1.29, 1.82) is 0 Å². The molecule has 0 radical (unpaired) electrons. The third-order valence-corrected chi connectivity index (χ3v) is 9.18. The number of carbonyl (C=O) groups is 2. The fourth-order valence-corrected chi connectivity index (χ4v) is 6.78. The molecule has 1 heterocycles. The van der Waals surface area contributed by atoms with E-state index in [9.17, 15) is 4.79 Å². The van der Waals surface area contributed by atoms with Crippen molar-refractivity contribution in [3.05, 3.63) is 124 Å². The van der Waals surface area contributed by atoms with Crippen molar-refractivity contribution < 1.29 is 28.9 Å². The molecule has 48 heavy (non-hydrogen) atoms. The highest BCUT2D eigenvalue weighted by molar-refractivity contribution is 9.10. The minimum atomic E-state index is -1.53. The number of rotatable bonds is 11. The summed E-state index contributed by atoms with van der Waals surface area (Å²) in [5.41, 5.74) is 3.29. The summed E-state index contributed by atoms with van der Waals surface area (Å²) in [6.45, 7) is 5.89. The Kier molecular flexibility index (Phi) is 9.71. The van der Waals surface area contributed by atoms with E-state index in [0.717, 1.165) is 32.3 Å². The van der Waals surface area contributed by atoms with E-state index in [-0.39, 0.29) is 31.3 Å². The lowest BCUT2D eigenvalue weighted by Gasteiger charge is -2.32. The van der Waals surface area contributed by atoms with Crippen LogP contribution in [0.4, 0.5) is 0 Å². The monoisotopic (exact) mass is 710 g/mol. The van der Waals surface area contributed by atoms with Gasteiger partial charge in [-0.3, -0.25) is 9.59 Å². The number of hydrogen-bond donors (Lipinski definition) is 2. The largest absolute Gasteiger partial charge is 0.494 e. The van der Waals surface area contributed by atoms with Crippen molar-refractivity contribution in [1.82, 2.24) is 5.32 Å². The van der Waals surface area contributed by atoms with Crippen LogP contribution in [-0.2, 0) is 19.1 Å². The maximum atomic E-state index is 15.0. The first-order valence-electron chi connectivity index (χ1n) is 16.2. The normalized spacial score (nSPS) is 18.4. The Morgan fingerprint density at radius 3 is 2.10 bits per heavy atom. The summed E-state index contributed by atoms with van der Waals surface area (Å²) in [6.07, 6.45) is -0.350. The highest BCUT2D eigenvalue weighted by Crippen LogP contribution is 2.48. The molecule has 0 aromatic heterocycles. The van der Waals surface area contributed by atoms with Crippen LogP contribution < -0.4 is 10.1 Å². The molecule has 0 saturated carbocycles. The van der Waals surface area contributed by atoms with Crippen LogP contribution >= 0.6 is 15.9 Å². The van der Waals surface area contributed by atoms with Gasteiger partial charge in [0.15, 0.2) is 11.6 Å². The van der Waals surface area contributed by atoms with Gasteiger partial charge < -0.3 is 24.6 Å². The zero-order valence-corrected chi connectivity index (χ0v) is 28.8. The summed E-state index contributed by atoms with van der Waals surface area (Å²) >= 11 is 3.68. The standard InChI is InChI=1S/C39H39BrN2O6/c1-38(2,3)48-33(44)21-22-39(37(45)41-34-29-13-6-4-11-27(29)28-12-5-7-14-30(28)34)35(31-15-8-9-16-32(31)40)47-36(42-39)25-17-19-26(20-18-25)46-24-10-23-43/h4-9,11-20,34-35,43H,10,21-24H2,1-3H3,(H,41,45)/t35-,39-/m1/s1. The van der Waals surface area contributed by atoms with Crippen LogP contribution in [0.2, 0.25) is 0 Å². The summed E-state index contributed by atoms with van der Waals surface area (Å²) in [6, 6.07) is 30.6. The SMILES string of the molecule is CC(C)(C)OC(=O)CC[C@@]1(C(=O)NC2c3ccccc3-c3ccccc32)N=C(c2ccc(OCCCO)cc2)O[C@@H]1c1ccccc1Br. The molecule has 1 aliphatic heterocycles. The molecule has 4 aromatic rings. The molecule has 2 atom stereocenters. The highest BCUT2D eigenvalue weighted by atomic mass is 79.9. The van der Waals surface area contributed by atoms with E-state index in [1.807, 2.05) is 93.6 Å². The number of benzene rings is 4. The maximum Gasteiger partial charge on any atom is 0.306 e. The Balaban J connectivity index is 1.43. The van der Waals surface area contributed by atoms with Crippen LogP contribution in [0, 0.1) is 0 Å². The third-order valence-electron chi connectivity index (χ3n) is 8.46. The second kappa shape index (κ2) is 13.9. The number of halogens is 1. The molecule has 0 bridgehead atoms. The Hall–Kier alpha value is -4.47. The average molecular weight is 712 g/mol. The highest BCUT2D eigenvalue weighted by Gasteiger charge is 2.54. The molecule has 248 valence electrons. The minimum absolute atomic E-state index is 0.0433. The van der Waals surface area contributed by atoms with Crippen LogP contribution in [0.3, 0.4) is 0 Å². The predicted octanol–water partition coefficient (Wildman–Crippen LogP) is 7.48. The van der Waals surface area contributed by atoms with Crippen molar-refractivity contribution in [2.45, 2.75) is 63.3 Å². The van der Waals surface area contributed by atoms with Gasteiger partial charge in [-0.25, -0.2) is 4.99 Å². The fraction of sp³-hybridized carbons (Fsp3) is 0.308. The summed E-state index contributed by atoms with van der Waals surface area (Å²) in [4.78, 5) is 33.3. The first-order valence-corrected chi connectivity index (χ1v) is 16.9. The lowest BCUT2D eigenvalue weighted by molar-refractivity contribution is -0.155. The van der Waals surface area contributed by atoms with Gasteiger partial charge in [-0.15, -0.1) is 0 Å². The summed E-state index contributed by atoms with van der Waals surface area (Å²) < 4.78 is 18.8. The molecule has 4 aromatic carbocycles. The minimum Gasteiger partial charge on any atom is -0.494 e. The van der Waals surface area contributed by atoms with Crippen LogP contribution in [0.1, 0.15) is 74.4 Å². The molecule has 0 fully saturated rings. The Bertz CT molecular complexity index is 1790. The van der Waals surface area contributed by atoms with Gasteiger partial charge in [0, 0.05) is 35.0 Å². The molecule has 2 aliphatic rings. The summed E-state index contributed by atoms with van der Waals surface area (Å²) in [5, 5.41) is 12.4. The molecule has 9 heteroatoms. The molecular formula is C39H39BrN2O6. The molecule has 1 aliphatic carbocycles. The number of hydrogen-bond acceptors (Lipinski definition) is 7. The molecule has 8 nitrogen and oxygen atoms in total. The topological polar surface area (TPSA) is 106 Å². The van der Waals surface area contributed by atoms with Gasteiger partial charge in [0.05, 0.1) is 12.6 Å². The van der Waals surface area contributed by atoms with E-state index in [1.54, 1.807) is 12.1 Å². The first-order chi connectivity index (χ1) is 23.1. The molecule has 2 N–H and O–H groups in total. The quantitative estimate of drug-likeness (QED) is 0.124. The van der Waals surface area contributed by atoms with E-state index < -0.39 is 29.3 Å². The molecule has 6 rings (SSSR count). The number of carbonyl (C=O) groups excluding carboxylic acids is 2. The number of nitrogens with one attached hydrogen (secondary N) is 1. The average Bonchev–Trinajstić information content (AvgIpc) is 3.61. The molecule has 0 spiro atoms. The van der Waals surface area contributed by atoms with Gasteiger partial charge in [-0.2, -0.15) is 0 Å². The third kappa shape index (κ3) is 6.89. The number of nitrogens with zero attached hydrogens (tertiary/aromatic N) is 1. The Labute approximate surface area is 289 Å². The van der Waals surface area contributed by atoms with Crippen LogP contribution in [0.15, 0.2) is 107 Å². The number of aliphatic hydroxyl groups excluding tert-OH is 1. The predicted molar refractivity (Wildman–Crippen MR) is 188 cm³/mol. The van der Waals surface area contributed by atoms with Crippen molar-refractivity contribution in [3.63, 3.8) is 0 Å². The molecule has 1 amide bonds. The van der Waals surface area contributed by atoms with Gasteiger partial charge in [-0.05, 0) is 79.8 Å². The lowest BCUT2D eigenvalue weighted by Crippen LogP contribution is -2.49. The van der Waals surface area contributed by atoms with Crippen molar-refractivity contribution in [2.75, 3.05) is 13.2 Å². The second-order valence-corrected chi connectivity index (χ2v) is 13.8. The number of amides is 1. The van der Waals surface area contributed by atoms with E-state index in [0.29, 0.717) is 24.3 Å². The summed E-state index contributed by atoms with van der Waals surface area (Å²) in [5.74, 6) is 0.136. The lowest BCUT2D eigenvalue weighted by atomic mass is 9.83. The first kappa shape index (κ1) is 33.4. The Morgan fingerprint density at radius 2 is 1.50 bits per heavy atom. The smallest absolute Gasteiger partial charge is 0.306 e. The van der Waals surface area contributed by atoms with Gasteiger partial charge in [0.25, 0.3) is 5.91 Å². The van der Waals surface area contributed by atoms with E-state index >= 15 is 4.79 Å². The van der Waals surface area contributed by atoms with Crippen LogP contribution in [-0.4, -0.2) is 47.2 Å².